The van der Waals surface area contributed by atoms with Gasteiger partial charge >= 0.3 is 0 Å². The van der Waals surface area contributed by atoms with Gasteiger partial charge in [-0.1, -0.05) is 57.8 Å². The lowest BCUT2D eigenvalue weighted by molar-refractivity contribution is -0.117. The SMILES string of the molecule is CN(C)CCN/C=C(/C#N)C(=O)NC1CCCCCCCCCCC1. The standard InChI is InChI=1S/C20H36N4O/c1-24(2)15-14-22-17-18(16-21)20(25)23-19-12-10-8-6-4-3-5-7-9-11-13-19/h17,19,22H,3-15H2,1-2H3,(H,23,25)/b18-17-. The van der Waals surface area contributed by atoms with E-state index in [1.54, 1.807) is 6.20 Å². The van der Waals surface area contributed by atoms with Crippen LogP contribution in [0.5, 0.6) is 0 Å². The summed E-state index contributed by atoms with van der Waals surface area (Å²) in [5.41, 5.74) is 0.171. The molecule has 0 atom stereocenters. The molecule has 0 aromatic heterocycles. The molecule has 0 aliphatic heterocycles. The molecule has 1 saturated carbocycles. The molecule has 142 valence electrons. The molecule has 0 unspecified atom stereocenters. The van der Waals surface area contributed by atoms with Crippen molar-refractivity contribution >= 4 is 5.91 Å². The minimum absolute atomic E-state index is 0.171. The van der Waals surface area contributed by atoms with E-state index in [1.807, 2.05) is 20.2 Å². The summed E-state index contributed by atoms with van der Waals surface area (Å²) in [6.07, 6.45) is 15.1. The van der Waals surface area contributed by atoms with E-state index in [1.165, 1.54) is 44.9 Å². The van der Waals surface area contributed by atoms with Crippen molar-refractivity contribution in [2.45, 2.75) is 76.7 Å². The normalized spacial score (nSPS) is 18.7. The average Bonchev–Trinajstić information content (AvgIpc) is 2.57. The Morgan fingerprint density at radius 2 is 1.56 bits per heavy atom. The number of amides is 1. The van der Waals surface area contributed by atoms with Gasteiger partial charge in [0.1, 0.15) is 11.6 Å². The molecular formula is C20H36N4O. The molecule has 1 fully saturated rings. The smallest absolute Gasteiger partial charge is 0.263 e. The zero-order chi connectivity index (χ0) is 18.3. The van der Waals surface area contributed by atoms with Gasteiger partial charge in [-0.25, -0.2) is 0 Å². The number of likely N-dealkylation sites (N-methyl/N-ethyl adjacent to an activating group) is 1. The number of nitrogens with one attached hydrogen (secondary N) is 2. The Kier molecular flexibility index (Phi) is 11.8. The zero-order valence-electron chi connectivity index (χ0n) is 16.1. The first-order chi connectivity index (χ1) is 12.1. The first kappa shape index (κ1) is 21.5. The molecular weight excluding hydrogens is 312 g/mol. The fourth-order valence-electron chi connectivity index (χ4n) is 3.18. The van der Waals surface area contributed by atoms with Crippen molar-refractivity contribution in [3.63, 3.8) is 0 Å². The second-order valence-electron chi connectivity index (χ2n) is 7.36. The highest BCUT2D eigenvalue weighted by Crippen LogP contribution is 2.17. The topological polar surface area (TPSA) is 68.2 Å². The Hall–Kier alpha value is -1.54. The van der Waals surface area contributed by atoms with Gasteiger partial charge in [0.05, 0.1) is 0 Å². The van der Waals surface area contributed by atoms with Crippen molar-refractivity contribution in [1.29, 1.82) is 5.26 Å². The molecule has 1 aliphatic carbocycles. The van der Waals surface area contributed by atoms with Gasteiger partial charge in [-0.3, -0.25) is 4.79 Å². The van der Waals surface area contributed by atoms with E-state index in [0.29, 0.717) is 0 Å². The van der Waals surface area contributed by atoms with E-state index in [2.05, 4.69) is 15.5 Å². The first-order valence-corrected chi connectivity index (χ1v) is 9.92. The molecule has 0 bridgehead atoms. The Morgan fingerprint density at radius 3 is 2.04 bits per heavy atom. The minimum atomic E-state index is -0.239. The molecule has 0 aromatic rings. The quantitative estimate of drug-likeness (QED) is 0.439. The van der Waals surface area contributed by atoms with Crippen LogP contribution in [0, 0.1) is 11.3 Å². The maximum Gasteiger partial charge on any atom is 0.263 e. The van der Waals surface area contributed by atoms with Gasteiger partial charge in [0.2, 0.25) is 0 Å². The van der Waals surface area contributed by atoms with Crippen molar-refractivity contribution in [1.82, 2.24) is 15.5 Å². The number of nitrogens with zero attached hydrogens (tertiary/aromatic N) is 2. The van der Waals surface area contributed by atoms with E-state index >= 15 is 0 Å². The van der Waals surface area contributed by atoms with Crippen molar-refractivity contribution in [2.24, 2.45) is 0 Å². The lowest BCUT2D eigenvalue weighted by Gasteiger charge is -2.19. The second kappa shape index (κ2) is 13.7. The highest BCUT2D eigenvalue weighted by Gasteiger charge is 2.15. The number of carbonyl (C=O) groups excluding carboxylic acids is 1. The summed E-state index contributed by atoms with van der Waals surface area (Å²) >= 11 is 0. The van der Waals surface area contributed by atoms with Crippen LogP contribution in [0.1, 0.15) is 70.6 Å². The van der Waals surface area contributed by atoms with Crippen molar-refractivity contribution in [3.8, 4) is 6.07 Å². The molecule has 0 radical (unpaired) electrons. The van der Waals surface area contributed by atoms with E-state index in [-0.39, 0.29) is 17.5 Å². The maximum atomic E-state index is 12.4. The van der Waals surface area contributed by atoms with Crippen LogP contribution in [-0.4, -0.2) is 44.0 Å². The van der Waals surface area contributed by atoms with E-state index in [0.717, 1.165) is 38.8 Å². The van der Waals surface area contributed by atoms with Gasteiger partial charge < -0.3 is 15.5 Å². The number of carbonyl (C=O) groups is 1. The minimum Gasteiger partial charge on any atom is -0.388 e. The van der Waals surface area contributed by atoms with Crippen LogP contribution in [-0.2, 0) is 4.79 Å². The third-order valence-corrected chi connectivity index (χ3v) is 4.76. The van der Waals surface area contributed by atoms with Gasteiger partial charge in [-0.15, -0.1) is 0 Å². The van der Waals surface area contributed by atoms with Crippen molar-refractivity contribution in [3.05, 3.63) is 11.8 Å². The fourth-order valence-corrected chi connectivity index (χ4v) is 3.18. The molecule has 0 aromatic carbocycles. The van der Waals surface area contributed by atoms with Gasteiger partial charge in [-0.05, 0) is 26.9 Å². The summed E-state index contributed by atoms with van der Waals surface area (Å²) in [4.78, 5) is 14.4. The third kappa shape index (κ3) is 10.8. The van der Waals surface area contributed by atoms with Crippen LogP contribution >= 0.6 is 0 Å². The Bertz CT molecular complexity index is 427. The Balaban J connectivity index is 2.47. The monoisotopic (exact) mass is 348 g/mol. The molecule has 2 N–H and O–H groups in total. The molecule has 0 spiro atoms. The van der Waals surface area contributed by atoms with Crippen molar-refractivity contribution in [2.75, 3.05) is 27.2 Å². The number of hydrogen-bond acceptors (Lipinski definition) is 4. The molecule has 1 rings (SSSR count). The molecule has 1 aliphatic rings. The van der Waals surface area contributed by atoms with Crippen LogP contribution in [0.15, 0.2) is 11.8 Å². The maximum absolute atomic E-state index is 12.4. The average molecular weight is 349 g/mol. The molecule has 1 amide bonds. The van der Waals surface area contributed by atoms with Crippen LogP contribution in [0.25, 0.3) is 0 Å². The van der Waals surface area contributed by atoms with E-state index in [4.69, 9.17) is 0 Å². The van der Waals surface area contributed by atoms with Gasteiger partial charge in [0.25, 0.3) is 5.91 Å². The summed E-state index contributed by atoms with van der Waals surface area (Å²) in [6.45, 7) is 1.58. The fraction of sp³-hybridized carbons (Fsp3) is 0.800. The van der Waals surface area contributed by atoms with E-state index < -0.39 is 0 Å². The van der Waals surface area contributed by atoms with Crippen molar-refractivity contribution < 1.29 is 4.79 Å². The lowest BCUT2D eigenvalue weighted by atomic mass is 9.98. The third-order valence-electron chi connectivity index (χ3n) is 4.76. The number of hydrogen-bond donors (Lipinski definition) is 2. The largest absolute Gasteiger partial charge is 0.388 e. The zero-order valence-corrected chi connectivity index (χ0v) is 16.1. The number of nitriles is 1. The molecule has 5 heteroatoms. The summed E-state index contributed by atoms with van der Waals surface area (Å²) in [5.74, 6) is -0.239. The van der Waals surface area contributed by atoms with Crippen LogP contribution < -0.4 is 10.6 Å². The van der Waals surface area contributed by atoms with Crippen LogP contribution in [0.3, 0.4) is 0 Å². The molecule has 25 heavy (non-hydrogen) atoms. The van der Waals surface area contributed by atoms with Gasteiger partial charge in [-0.2, -0.15) is 5.26 Å². The lowest BCUT2D eigenvalue weighted by Crippen LogP contribution is -2.36. The predicted molar refractivity (Wildman–Crippen MR) is 103 cm³/mol. The Labute approximate surface area is 153 Å². The van der Waals surface area contributed by atoms with Gasteiger partial charge in [0.15, 0.2) is 0 Å². The van der Waals surface area contributed by atoms with Crippen LogP contribution in [0.4, 0.5) is 0 Å². The van der Waals surface area contributed by atoms with Crippen LogP contribution in [0.2, 0.25) is 0 Å². The van der Waals surface area contributed by atoms with E-state index in [9.17, 15) is 10.1 Å². The summed E-state index contributed by atoms with van der Waals surface area (Å²) < 4.78 is 0. The highest BCUT2D eigenvalue weighted by molar-refractivity contribution is 5.97. The Morgan fingerprint density at radius 1 is 1.04 bits per heavy atom. The predicted octanol–water partition coefficient (Wildman–Crippen LogP) is 3.33. The summed E-state index contributed by atoms with van der Waals surface area (Å²) in [6, 6.07) is 2.22. The molecule has 0 saturated heterocycles. The first-order valence-electron chi connectivity index (χ1n) is 9.92. The summed E-state index contributed by atoms with van der Waals surface area (Å²) in [5, 5.41) is 15.4. The van der Waals surface area contributed by atoms with Gasteiger partial charge in [0, 0.05) is 25.3 Å². The summed E-state index contributed by atoms with van der Waals surface area (Å²) in [7, 11) is 3.99. The molecule has 5 nitrogen and oxygen atoms in total. The molecule has 0 heterocycles. The number of rotatable bonds is 6. The highest BCUT2D eigenvalue weighted by atomic mass is 16.1. The second-order valence-corrected chi connectivity index (χ2v) is 7.36.